The SMILES string of the molecule is CC1=NS(=O)(=O)C2=CN(C)C=CC2=N1. The molecule has 0 bridgehead atoms. The van der Waals surface area contributed by atoms with Gasteiger partial charge in [0.15, 0.2) is 0 Å². The third-order valence-corrected chi connectivity index (χ3v) is 3.23. The summed E-state index contributed by atoms with van der Waals surface area (Å²) in [5.41, 5.74) is 0.454. The fourth-order valence-corrected chi connectivity index (χ4v) is 2.44. The van der Waals surface area contributed by atoms with E-state index in [1.54, 1.807) is 31.1 Å². The van der Waals surface area contributed by atoms with Crippen molar-refractivity contribution in [1.82, 2.24) is 4.90 Å². The van der Waals surface area contributed by atoms with Gasteiger partial charge in [-0.1, -0.05) is 0 Å². The monoisotopic (exact) mass is 211 g/mol. The van der Waals surface area contributed by atoms with Crippen molar-refractivity contribution in [3.63, 3.8) is 0 Å². The van der Waals surface area contributed by atoms with Crippen molar-refractivity contribution in [2.24, 2.45) is 9.39 Å². The summed E-state index contributed by atoms with van der Waals surface area (Å²) in [5.74, 6) is 0.270. The van der Waals surface area contributed by atoms with Crippen LogP contribution in [0.4, 0.5) is 0 Å². The molecular weight excluding hydrogens is 202 g/mol. The maximum absolute atomic E-state index is 11.6. The molecule has 0 amide bonds. The highest BCUT2D eigenvalue weighted by Gasteiger charge is 2.27. The van der Waals surface area contributed by atoms with Gasteiger partial charge in [-0.05, 0) is 13.0 Å². The number of nitrogens with zero attached hydrogens (tertiary/aromatic N) is 3. The summed E-state index contributed by atoms with van der Waals surface area (Å²) in [6, 6.07) is 0. The van der Waals surface area contributed by atoms with E-state index in [0.717, 1.165) is 0 Å². The van der Waals surface area contributed by atoms with Crippen LogP contribution in [0.5, 0.6) is 0 Å². The van der Waals surface area contributed by atoms with Gasteiger partial charge in [-0.25, -0.2) is 4.99 Å². The van der Waals surface area contributed by atoms with Crippen molar-refractivity contribution in [2.45, 2.75) is 6.92 Å². The summed E-state index contributed by atoms with van der Waals surface area (Å²) in [4.78, 5) is 5.86. The average Bonchev–Trinajstić information content (AvgIpc) is 2.05. The van der Waals surface area contributed by atoms with Crippen LogP contribution in [0.2, 0.25) is 0 Å². The minimum atomic E-state index is -3.54. The molecule has 2 heterocycles. The molecule has 2 rings (SSSR count). The molecule has 0 aliphatic carbocycles. The van der Waals surface area contributed by atoms with Crippen molar-refractivity contribution in [3.05, 3.63) is 23.4 Å². The first-order valence-corrected chi connectivity index (χ1v) is 5.46. The molecule has 0 atom stereocenters. The van der Waals surface area contributed by atoms with Gasteiger partial charge in [-0.2, -0.15) is 8.42 Å². The first kappa shape index (κ1) is 9.14. The predicted octanol–water partition coefficient (Wildman–Crippen LogP) is 0.490. The van der Waals surface area contributed by atoms with Gasteiger partial charge in [0, 0.05) is 19.4 Å². The van der Waals surface area contributed by atoms with Gasteiger partial charge in [0.25, 0.3) is 10.0 Å². The van der Waals surface area contributed by atoms with Gasteiger partial charge in [0.05, 0.1) is 5.71 Å². The van der Waals surface area contributed by atoms with Crippen molar-refractivity contribution >= 4 is 21.6 Å². The van der Waals surface area contributed by atoms with Gasteiger partial charge in [-0.15, -0.1) is 4.40 Å². The second kappa shape index (κ2) is 2.78. The van der Waals surface area contributed by atoms with Crippen molar-refractivity contribution in [3.8, 4) is 0 Å². The van der Waals surface area contributed by atoms with E-state index in [0.29, 0.717) is 5.71 Å². The van der Waals surface area contributed by atoms with Crippen molar-refractivity contribution in [1.29, 1.82) is 0 Å². The molecule has 0 aromatic carbocycles. The Bertz CT molecular complexity index is 497. The minimum Gasteiger partial charge on any atom is -0.356 e. The molecule has 74 valence electrons. The normalized spacial score (nSPS) is 23.6. The topological polar surface area (TPSA) is 62.1 Å². The van der Waals surface area contributed by atoms with Crippen LogP contribution in [0.25, 0.3) is 0 Å². The van der Waals surface area contributed by atoms with Gasteiger partial charge >= 0.3 is 0 Å². The van der Waals surface area contributed by atoms with Crippen LogP contribution in [0.1, 0.15) is 6.92 Å². The number of amidine groups is 1. The van der Waals surface area contributed by atoms with Crippen LogP contribution in [-0.4, -0.2) is 31.9 Å². The van der Waals surface area contributed by atoms with E-state index in [9.17, 15) is 8.42 Å². The van der Waals surface area contributed by atoms with E-state index in [-0.39, 0.29) is 10.7 Å². The number of aliphatic imine (C=N–C) groups is 1. The molecule has 5 nitrogen and oxygen atoms in total. The molecule has 0 unspecified atom stereocenters. The largest absolute Gasteiger partial charge is 0.356 e. The first-order valence-electron chi connectivity index (χ1n) is 4.02. The highest BCUT2D eigenvalue weighted by molar-refractivity contribution is 7.95. The van der Waals surface area contributed by atoms with E-state index in [1.807, 2.05) is 0 Å². The van der Waals surface area contributed by atoms with Crippen LogP contribution in [0.15, 0.2) is 32.8 Å². The number of allylic oxidation sites excluding steroid dienone is 2. The Hall–Kier alpha value is -1.43. The van der Waals surface area contributed by atoms with E-state index < -0.39 is 10.0 Å². The third kappa shape index (κ3) is 1.37. The maximum Gasteiger partial charge on any atom is 0.287 e. The van der Waals surface area contributed by atoms with E-state index in [2.05, 4.69) is 9.39 Å². The van der Waals surface area contributed by atoms with Crippen LogP contribution in [-0.2, 0) is 10.0 Å². The molecule has 0 fully saturated rings. The molecule has 0 aromatic rings. The second-order valence-electron chi connectivity index (χ2n) is 3.09. The van der Waals surface area contributed by atoms with Gasteiger partial charge in [0.1, 0.15) is 10.7 Å². The number of fused-ring (bicyclic) bond motifs is 1. The Morgan fingerprint density at radius 1 is 1.43 bits per heavy atom. The lowest BCUT2D eigenvalue weighted by atomic mass is 10.3. The van der Waals surface area contributed by atoms with E-state index in [4.69, 9.17) is 0 Å². The molecule has 0 aromatic heterocycles. The molecule has 0 saturated carbocycles. The number of rotatable bonds is 0. The molecule has 2 aliphatic rings. The zero-order chi connectivity index (χ0) is 10.3. The van der Waals surface area contributed by atoms with Crippen molar-refractivity contribution < 1.29 is 8.42 Å². The fraction of sp³-hybridized carbons (Fsp3) is 0.250. The fourth-order valence-electron chi connectivity index (χ4n) is 1.27. The summed E-state index contributed by atoms with van der Waals surface area (Å²) in [5, 5.41) is 0. The molecule has 2 aliphatic heterocycles. The minimum absolute atomic E-state index is 0.160. The zero-order valence-corrected chi connectivity index (χ0v) is 8.61. The lowest BCUT2D eigenvalue weighted by molar-refractivity contribution is 0.596. The second-order valence-corrected chi connectivity index (χ2v) is 4.66. The van der Waals surface area contributed by atoms with Gasteiger partial charge in [0.2, 0.25) is 0 Å². The van der Waals surface area contributed by atoms with Gasteiger partial charge in [-0.3, -0.25) is 0 Å². The van der Waals surface area contributed by atoms with Crippen LogP contribution < -0.4 is 0 Å². The lowest BCUT2D eigenvalue weighted by Gasteiger charge is -2.19. The summed E-state index contributed by atoms with van der Waals surface area (Å²) < 4.78 is 26.7. The van der Waals surface area contributed by atoms with Crippen LogP contribution in [0.3, 0.4) is 0 Å². The highest BCUT2D eigenvalue weighted by atomic mass is 32.2. The van der Waals surface area contributed by atoms with E-state index in [1.165, 1.54) is 6.20 Å². The lowest BCUT2D eigenvalue weighted by Crippen LogP contribution is -2.23. The molecule has 0 radical (unpaired) electrons. The average molecular weight is 211 g/mol. The molecule has 0 N–H and O–H groups in total. The maximum atomic E-state index is 11.6. The smallest absolute Gasteiger partial charge is 0.287 e. The number of hydrogen-bond donors (Lipinski definition) is 0. The Kier molecular flexibility index (Phi) is 1.81. The molecular formula is C8H9N3O2S. The van der Waals surface area contributed by atoms with Crippen LogP contribution >= 0.6 is 0 Å². The van der Waals surface area contributed by atoms with Crippen molar-refractivity contribution in [2.75, 3.05) is 7.05 Å². The summed E-state index contributed by atoms with van der Waals surface area (Å²) in [7, 11) is -1.79. The summed E-state index contributed by atoms with van der Waals surface area (Å²) in [6.07, 6.45) is 4.91. The van der Waals surface area contributed by atoms with Gasteiger partial charge < -0.3 is 4.90 Å². The Balaban J connectivity index is 2.63. The quantitative estimate of drug-likeness (QED) is 0.585. The summed E-state index contributed by atoms with van der Waals surface area (Å²) >= 11 is 0. The Labute approximate surface area is 82.2 Å². The highest BCUT2D eigenvalue weighted by Crippen LogP contribution is 2.21. The standard InChI is InChI=1S/C8H9N3O2S/c1-6-9-7-3-4-11(2)5-8(7)14(12,13)10-6/h3-5H,1-2H3. The Morgan fingerprint density at radius 3 is 2.86 bits per heavy atom. The predicted molar refractivity (Wildman–Crippen MR) is 54.4 cm³/mol. The van der Waals surface area contributed by atoms with E-state index >= 15 is 0 Å². The first-order chi connectivity index (χ1) is 6.49. The number of hydrogen-bond acceptors (Lipinski definition) is 4. The third-order valence-electron chi connectivity index (χ3n) is 1.85. The molecule has 14 heavy (non-hydrogen) atoms. The molecule has 0 saturated heterocycles. The zero-order valence-electron chi connectivity index (χ0n) is 7.80. The summed E-state index contributed by atoms with van der Waals surface area (Å²) in [6.45, 7) is 1.56. The van der Waals surface area contributed by atoms with Crippen LogP contribution in [0, 0.1) is 0 Å². The molecule has 6 heteroatoms. The molecule has 0 spiro atoms. The Morgan fingerprint density at radius 2 is 2.14 bits per heavy atom. The number of sulfonamides is 1.